The molecule has 3 heterocycles. The summed E-state index contributed by atoms with van der Waals surface area (Å²) < 4.78 is 5.95. The molecule has 0 aliphatic carbocycles. The van der Waals surface area contributed by atoms with Gasteiger partial charge >= 0.3 is 5.97 Å². The van der Waals surface area contributed by atoms with Crippen LogP contribution in [0.1, 0.15) is 28.4 Å². The molecule has 1 fully saturated rings. The molecular weight excluding hydrogens is 342 g/mol. The summed E-state index contributed by atoms with van der Waals surface area (Å²) in [5.74, 6) is 1.94. The molecule has 0 amide bonds. The number of likely N-dealkylation sites (tertiary alicyclic amines) is 1. The number of hydrogen-bond acceptors (Lipinski definition) is 5. The number of carboxylic acid groups (broad SMARTS) is 1. The summed E-state index contributed by atoms with van der Waals surface area (Å²) in [5, 5.41) is 9.35. The van der Waals surface area contributed by atoms with Gasteiger partial charge in [0.15, 0.2) is 0 Å². The number of aromatic carboxylic acids is 1. The smallest absolute Gasteiger partial charge is 0.336 e. The lowest BCUT2D eigenvalue weighted by molar-refractivity contribution is 0.0697. The molecule has 1 saturated heterocycles. The van der Waals surface area contributed by atoms with Crippen molar-refractivity contribution in [2.24, 2.45) is 5.92 Å². The third-order valence-corrected chi connectivity index (χ3v) is 4.92. The fraction of sp³-hybridized carbons (Fsp3) is 0.286. The average molecular weight is 363 g/mol. The van der Waals surface area contributed by atoms with Crippen LogP contribution in [0.25, 0.3) is 11.3 Å². The molecule has 0 bridgehead atoms. The van der Waals surface area contributed by atoms with Crippen molar-refractivity contribution in [1.82, 2.24) is 14.9 Å². The third-order valence-electron chi connectivity index (χ3n) is 4.92. The fourth-order valence-corrected chi connectivity index (χ4v) is 3.63. The summed E-state index contributed by atoms with van der Waals surface area (Å²) in [4.78, 5) is 22.4. The van der Waals surface area contributed by atoms with Crippen LogP contribution in [0.3, 0.4) is 0 Å². The van der Waals surface area contributed by atoms with Crippen molar-refractivity contribution in [2.45, 2.75) is 19.4 Å². The maximum absolute atomic E-state index is 11.4. The SMILES string of the molecule is O=C(O)c1ccccc1-c1ccc(CN2CCC(Cc3ncccn3)C2)o1. The predicted molar refractivity (Wildman–Crippen MR) is 100 cm³/mol. The van der Waals surface area contributed by atoms with Gasteiger partial charge in [0.05, 0.1) is 12.1 Å². The van der Waals surface area contributed by atoms with Gasteiger partial charge in [-0.05, 0) is 43.1 Å². The molecule has 1 aromatic carbocycles. The minimum Gasteiger partial charge on any atom is -0.478 e. The second-order valence-electron chi connectivity index (χ2n) is 6.88. The summed E-state index contributed by atoms with van der Waals surface area (Å²) in [7, 11) is 0. The molecular formula is C21H21N3O3. The molecule has 1 aliphatic rings. The van der Waals surface area contributed by atoms with Crippen LogP contribution < -0.4 is 0 Å². The zero-order chi connectivity index (χ0) is 18.6. The average Bonchev–Trinajstić information content (AvgIpc) is 3.32. The number of benzene rings is 1. The Morgan fingerprint density at radius 1 is 1.15 bits per heavy atom. The van der Waals surface area contributed by atoms with E-state index in [9.17, 15) is 9.90 Å². The van der Waals surface area contributed by atoms with Crippen LogP contribution in [0.15, 0.2) is 59.3 Å². The Kier molecular flexibility index (Phi) is 4.98. The molecule has 6 nitrogen and oxygen atoms in total. The van der Waals surface area contributed by atoms with Gasteiger partial charge in [0.25, 0.3) is 0 Å². The Hall–Kier alpha value is -2.99. The van der Waals surface area contributed by atoms with Crippen molar-refractivity contribution >= 4 is 5.97 Å². The lowest BCUT2D eigenvalue weighted by Crippen LogP contribution is -2.20. The van der Waals surface area contributed by atoms with Gasteiger partial charge in [0.1, 0.15) is 17.3 Å². The van der Waals surface area contributed by atoms with E-state index in [1.807, 2.05) is 24.3 Å². The number of carbonyl (C=O) groups is 1. The van der Waals surface area contributed by atoms with Crippen molar-refractivity contribution in [3.05, 3.63) is 72.0 Å². The number of hydrogen-bond donors (Lipinski definition) is 1. The highest BCUT2D eigenvalue weighted by atomic mass is 16.4. The lowest BCUT2D eigenvalue weighted by Gasteiger charge is -2.14. The van der Waals surface area contributed by atoms with Gasteiger partial charge in [0.2, 0.25) is 0 Å². The van der Waals surface area contributed by atoms with E-state index in [4.69, 9.17) is 4.42 Å². The molecule has 0 saturated carbocycles. The summed E-state index contributed by atoms with van der Waals surface area (Å²) in [6.45, 7) is 2.72. The minimum absolute atomic E-state index is 0.252. The number of rotatable bonds is 6. The highest BCUT2D eigenvalue weighted by molar-refractivity contribution is 5.95. The highest BCUT2D eigenvalue weighted by Crippen LogP contribution is 2.28. The maximum Gasteiger partial charge on any atom is 0.336 e. The van der Waals surface area contributed by atoms with Gasteiger partial charge in [-0.1, -0.05) is 18.2 Å². The van der Waals surface area contributed by atoms with E-state index in [0.717, 1.165) is 44.1 Å². The van der Waals surface area contributed by atoms with Crippen LogP contribution in [0, 0.1) is 5.92 Å². The van der Waals surface area contributed by atoms with Crippen molar-refractivity contribution in [1.29, 1.82) is 0 Å². The standard InChI is InChI=1S/C21H21N3O3/c25-21(26)18-5-2-1-4-17(18)19-7-6-16(27-19)14-24-11-8-15(13-24)12-20-22-9-3-10-23-20/h1-7,9-10,15H,8,11-14H2,(H,25,26). The molecule has 138 valence electrons. The summed E-state index contributed by atoms with van der Waals surface area (Å²) >= 11 is 0. The molecule has 0 spiro atoms. The monoisotopic (exact) mass is 363 g/mol. The Balaban J connectivity index is 1.40. The minimum atomic E-state index is -0.950. The van der Waals surface area contributed by atoms with E-state index < -0.39 is 5.97 Å². The van der Waals surface area contributed by atoms with Gasteiger partial charge in [-0.2, -0.15) is 0 Å². The normalized spacial score (nSPS) is 17.3. The molecule has 3 aromatic rings. The van der Waals surface area contributed by atoms with E-state index in [1.165, 1.54) is 0 Å². The summed E-state index contributed by atoms with van der Waals surface area (Å²) in [5.41, 5.74) is 0.860. The van der Waals surface area contributed by atoms with Crippen LogP contribution in [-0.2, 0) is 13.0 Å². The van der Waals surface area contributed by atoms with Crippen molar-refractivity contribution < 1.29 is 14.3 Å². The number of aromatic nitrogens is 2. The van der Waals surface area contributed by atoms with E-state index in [-0.39, 0.29) is 5.56 Å². The molecule has 2 aromatic heterocycles. The second-order valence-corrected chi connectivity index (χ2v) is 6.88. The van der Waals surface area contributed by atoms with Crippen LogP contribution in [0.4, 0.5) is 0 Å². The molecule has 1 unspecified atom stereocenters. The van der Waals surface area contributed by atoms with Gasteiger partial charge in [0, 0.05) is 30.9 Å². The Labute approximate surface area is 157 Å². The molecule has 27 heavy (non-hydrogen) atoms. The number of nitrogens with zero attached hydrogens (tertiary/aromatic N) is 3. The van der Waals surface area contributed by atoms with E-state index >= 15 is 0 Å². The van der Waals surface area contributed by atoms with E-state index in [0.29, 0.717) is 17.2 Å². The van der Waals surface area contributed by atoms with Crippen molar-refractivity contribution in [2.75, 3.05) is 13.1 Å². The van der Waals surface area contributed by atoms with Crippen LogP contribution >= 0.6 is 0 Å². The predicted octanol–water partition coefficient (Wildman–Crippen LogP) is 3.50. The second kappa shape index (κ2) is 7.72. The first-order valence-electron chi connectivity index (χ1n) is 9.08. The summed E-state index contributed by atoms with van der Waals surface area (Å²) in [6.07, 6.45) is 5.59. The largest absolute Gasteiger partial charge is 0.478 e. The molecule has 1 N–H and O–H groups in total. The Morgan fingerprint density at radius 3 is 2.78 bits per heavy atom. The zero-order valence-electron chi connectivity index (χ0n) is 14.9. The van der Waals surface area contributed by atoms with Crippen molar-refractivity contribution in [3.63, 3.8) is 0 Å². The molecule has 0 radical (unpaired) electrons. The van der Waals surface area contributed by atoms with Gasteiger partial charge < -0.3 is 9.52 Å². The van der Waals surface area contributed by atoms with Gasteiger partial charge in [-0.25, -0.2) is 14.8 Å². The van der Waals surface area contributed by atoms with Crippen LogP contribution in [-0.4, -0.2) is 39.0 Å². The number of carboxylic acids is 1. The maximum atomic E-state index is 11.4. The Bertz CT molecular complexity index is 923. The third kappa shape index (κ3) is 4.06. The summed E-state index contributed by atoms with van der Waals surface area (Å²) in [6, 6.07) is 12.5. The van der Waals surface area contributed by atoms with Gasteiger partial charge in [-0.15, -0.1) is 0 Å². The highest BCUT2D eigenvalue weighted by Gasteiger charge is 2.24. The Morgan fingerprint density at radius 2 is 1.96 bits per heavy atom. The van der Waals surface area contributed by atoms with Crippen molar-refractivity contribution in [3.8, 4) is 11.3 Å². The molecule has 4 rings (SSSR count). The number of furan rings is 1. The fourth-order valence-electron chi connectivity index (χ4n) is 3.63. The molecule has 1 aliphatic heterocycles. The van der Waals surface area contributed by atoms with Crippen LogP contribution in [0.2, 0.25) is 0 Å². The first-order valence-corrected chi connectivity index (χ1v) is 9.08. The van der Waals surface area contributed by atoms with E-state index in [2.05, 4.69) is 14.9 Å². The first kappa shape index (κ1) is 17.4. The first-order chi connectivity index (χ1) is 13.2. The quantitative estimate of drug-likeness (QED) is 0.722. The van der Waals surface area contributed by atoms with E-state index in [1.54, 1.807) is 30.6 Å². The van der Waals surface area contributed by atoms with Gasteiger partial charge in [-0.3, -0.25) is 4.90 Å². The lowest BCUT2D eigenvalue weighted by atomic mass is 10.0. The zero-order valence-corrected chi connectivity index (χ0v) is 14.9. The molecule has 6 heteroatoms. The molecule has 1 atom stereocenters. The topological polar surface area (TPSA) is 79.5 Å². The van der Waals surface area contributed by atoms with Crippen LogP contribution in [0.5, 0.6) is 0 Å².